The maximum atomic E-state index is 13.0. The van der Waals surface area contributed by atoms with Crippen molar-refractivity contribution < 1.29 is 18.1 Å². The Balaban J connectivity index is 1.77. The lowest BCUT2D eigenvalue weighted by Crippen LogP contribution is -2.30. The Hall–Kier alpha value is -3.98. The van der Waals surface area contributed by atoms with Crippen molar-refractivity contribution in [2.45, 2.75) is 18.4 Å². The lowest BCUT2D eigenvalue weighted by atomic mass is 10.1. The fourth-order valence-corrected chi connectivity index (χ4v) is 4.29. The van der Waals surface area contributed by atoms with Gasteiger partial charge in [0.2, 0.25) is 0 Å². The molecule has 0 atom stereocenters. The zero-order valence-electron chi connectivity index (χ0n) is 18.0. The van der Waals surface area contributed by atoms with E-state index in [0.717, 1.165) is 11.6 Å². The SMILES string of the molecule is C=CCN(Cc1ccccc1)C(=O)c1ccc(NS(=O)(=O)c2ccc(C)c([N+](=O)[O-])c2)cc1. The summed E-state index contributed by atoms with van der Waals surface area (Å²) >= 11 is 0. The molecule has 1 N–H and O–H groups in total. The standard InChI is InChI=1S/C24H23N3O5S/c1-3-15-26(17-19-7-5-4-6-8-19)24(28)20-10-12-21(13-11-20)25-33(31,32)22-14-9-18(2)23(16-22)27(29)30/h3-14,16,25H,1,15,17H2,2H3. The largest absolute Gasteiger partial charge is 0.331 e. The van der Waals surface area contributed by atoms with Gasteiger partial charge in [-0.3, -0.25) is 19.6 Å². The molecule has 0 bridgehead atoms. The highest BCUT2D eigenvalue weighted by Gasteiger charge is 2.20. The first-order valence-corrected chi connectivity index (χ1v) is 11.5. The number of amides is 1. The van der Waals surface area contributed by atoms with Gasteiger partial charge < -0.3 is 4.90 Å². The van der Waals surface area contributed by atoms with Gasteiger partial charge in [-0.15, -0.1) is 6.58 Å². The van der Waals surface area contributed by atoms with Crippen LogP contribution in [0, 0.1) is 17.0 Å². The molecule has 0 aliphatic rings. The summed E-state index contributed by atoms with van der Waals surface area (Å²) in [6.45, 7) is 6.01. The van der Waals surface area contributed by atoms with Crippen LogP contribution in [0.5, 0.6) is 0 Å². The number of carbonyl (C=O) groups is 1. The van der Waals surface area contributed by atoms with Crippen LogP contribution in [0.2, 0.25) is 0 Å². The summed E-state index contributed by atoms with van der Waals surface area (Å²) in [5, 5.41) is 11.1. The van der Waals surface area contributed by atoms with E-state index in [1.807, 2.05) is 30.3 Å². The average Bonchev–Trinajstić information content (AvgIpc) is 2.79. The summed E-state index contributed by atoms with van der Waals surface area (Å²) < 4.78 is 27.8. The van der Waals surface area contributed by atoms with Crippen LogP contribution in [-0.2, 0) is 16.6 Å². The van der Waals surface area contributed by atoms with Crippen LogP contribution in [0.25, 0.3) is 0 Å². The number of nitrogens with one attached hydrogen (secondary N) is 1. The number of nitrogens with zero attached hydrogens (tertiary/aromatic N) is 2. The van der Waals surface area contributed by atoms with E-state index < -0.39 is 14.9 Å². The zero-order chi connectivity index (χ0) is 24.0. The molecular weight excluding hydrogens is 442 g/mol. The second kappa shape index (κ2) is 10.1. The van der Waals surface area contributed by atoms with E-state index in [0.29, 0.717) is 24.2 Å². The van der Waals surface area contributed by atoms with Crippen molar-refractivity contribution in [1.29, 1.82) is 0 Å². The van der Waals surface area contributed by atoms with E-state index in [4.69, 9.17) is 0 Å². The lowest BCUT2D eigenvalue weighted by Gasteiger charge is -2.21. The van der Waals surface area contributed by atoms with E-state index in [1.54, 1.807) is 11.0 Å². The Bertz CT molecular complexity index is 1270. The van der Waals surface area contributed by atoms with Gasteiger partial charge in [0, 0.05) is 36.0 Å². The molecule has 0 fully saturated rings. The molecule has 8 nitrogen and oxygen atoms in total. The minimum atomic E-state index is -4.05. The van der Waals surface area contributed by atoms with E-state index >= 15 is 0 Å². The number of carbonyl (C=O) groups excluding carboxylic acids is 1. The number of hydrogen-bond donors (Lipinski definition) is 1. The van der Waals surface area contributed by atoms with Gasteiger partial charge >= 0.3 is 0 Å². The number of sulfonamides is 1. The van der Waals surface area contributed by atoms with Gasteiger partial charge in [-0.2, -0.15) is 0 Å². The smallest absolute Gasteiger partial charge is 0.273 e. The molecular formula is C24H23N3O5S. The molecule has 0 unspecified atom stereocenters. The molecule has 9 heteroatoms. The van der Waals surface area contributed by atoms with Crippen LogP contribution >= 0.6 is 0 Å². The van der Waals surface area contributed by atoms with Crippen LogP contribution in [0.1, 0.15) is 21.5 Å². The highest BCUT2D eigenvalue weighted by Crippen LogP contribution is 2.24. The molecule has 0 spiro atoms. The van der Waals surface area contributed by atoms with Gasteiger partial charge in [0.05, 0.1) is 9.82 Å². The molecule has 33 heavy (non-hydrogen) atoms. The average molecular weight is 466 g/mol. The zero-order valence-corrected chi connectivity index (χ0v) is 18.8. The molecule has 0 aliphatic heterocycles. The van der Waals surface area contributed by atoms with E-state index in [2.05, 4.69) is 11.3 Å². The van der Waals surface area contributed by atoms with Crippen molar-refractivity contribution in [1.82, 2.24) is 4.90 Å². The summed E-state index contributed by atoms with van der Waals surface area (Å²) in [6, 6.07) is 19.3. The number of anilines is 1. The molecule has 0 saturated carbocycles. The topological polar surface area (TPSA) is 110 Å². The van der Waals surface area contributed by atoms with E-state index in [1.165, 1.54) is 43.3 Å². The van der Waals surface area contributed by atoms with Crippen LogP contribution < -0.4 is 4.72 Å². The van der Waals surface area contributed by atoms with Crippen LogP contribution in [-0.4, -0.2) is 30.7 Å². The molecule has 0 heterocycles. The molecule has 0 radical (unpaired) electrons. The summed E-state index contributed by atoms with van der Waals surface area (Å²) in [5.41, 5.74) is 1.68. The fourth-order valence-electron chi connectivity index (χ4n) is 3.21. The van der Waals surface area contributed by atoms with Crippen molar-refractivity contribution in [3.8, 4) is 0 Å². The number of nitro benzene ring substituents is 1. The molecule has 0 aromatic heterocycles. The Morgan fingerprint density at radius 2 is 1.76 bits per heavy atom. The third-order valence-electron chi connectivity index (χ3n) is 4.92. The van der Waals surface area contributed by atoms with Gasteiger partial charge in [-0.25, -0.2) is 8.42 Å². The number of hydrogen-bond acceptors (Lipinski definition) is 5. The Labute approximate surface area is 192 Å². The minimum absolute atomic E-state index is 0.220. The normalized spacial score (nSPS) is 10.9. The quantitative estimate of drug-likeness (QED) is 0.284. The highest BCUT2D eigenvalue weighted by atomic mass is 32.2. The molecule has 3 rings (SSSR count). The van der Waals surface area contributed by atoms with Gasteiger partial charge in [0.25, 0.3) is 21.6 Å². The first-order chi connectivity index (χ1) is 15.7. The van der Waals surface area contributed by atoms with Crippen LogP contribution in [0.4, 0.5) is 11.4 Å². The molecule has 3 aromatic carbocycles. The predicted octanol–water partition coefficient (Wildman–Crippen LogP) is 4.53. The Kier molecular flexibility index (Phi) is 7.24. The summed E-state index contributed by atoms with van der Waals surface area (Å²) in [7, 11) is -4.05. The van der Waals surface area contributed by atoms with Crippen molar-refractivity contribution >= 4 is 27.3 Å². The predicted molar refractivity (Wildman–Crippen MR) is 126 cm³/mol. The van der Waals surface area contributed by atoms with Crippen molar-refractivity contribution in [2.75, 3.05) is 11.3 Å². The van der Waals surface area contributed by atoms with E-state index in [-0.39, 0.29) is 22.2 Å². The van der Waals surface area contributed by atoms with Gasteiger partial charge in [-0.05, 0) is 42.8 Å². The van der Waals surface area contributed by atoms with Gasteiger partial charge in [0.1, 0.15) is 0 Å². The van der Waals surface area contributed by atoms with Crippen LogP contribution in [0.15, 0.2) is 90.3 Å². The van der Waals surface area contributed by atoms with Crippen molar-refractivity contribution in [2.24, 2.45) is 0 Å². The third-order valence-corrected chi connectivity index (χ3v) is 6.30. The fraction of sp³-hybridized carbons (Fsp3) is 0.125. The Morgan fingerprint density at radius 1 is 1.09 bits per heavy atom. The second-order valence-electron chi connectivity index (χ2n) is 7.35. The highest BCUT2D eigenvalue weighted by molar-refractivity contribution is 7.92. The summed E-state index contributed by atoms with van der Waals surface area (Å²) in [6.07, 6.45) is 1.64. The molecule has 170 valence electrons. The second-order valence-corrected chi connectivity index (χ2v) is 9.03. The molecule has 3 aromatic rings. The maximum absolute atomic E-state index is 13.0. The van der Waals surface area contributed by atoms with E-state index in [9.17, 15) is 23.3 Å². The molecule has 1 amide bonds. The van der Waals surface area contributed by atoms with Crippen molar-refractivity contribution in [3.05, 3.63) is 112 Å². The lowest BCUT2D eigenvalue weighted by molar-refractivity contribution is -0.385. The first kappa shape index (κ1) is 23.7. The maximum Gasteiger partial charge on any atom is 0.273 e. The third kappa shape index (κ3) is 5.83. The van der Waals surface area contributed by atoms with Crippen molar-refractivity contribution in [3.63, 3.8) is 0 Å². The first-order valence-electron chi connectivity index (χ1n) is 10.0. The van der Waals surface area contributed by atoms with Gasteiger partial charge in [0.15, 0.2) is 0 Å². The van der Waals surface area contributed by atoms with Crippen LogP contribution in [0.3, 0.4) is 0 Å². The number of benzene rings is 3. The number of aryl methyl sites for hydroxylation is 1. The molecule has 0 saturated heterocycles. The number of nitro groups is 1. The minimum Gasteiger partial charge on any atom is -0.331 e. The monoisotopic (exact) mass is 465 g/mol. The Morgan fingerprint density at radius 3 is 2.36 bits per heavy atom. The summed E-state index contributed by atoms with van der Waals surface area (Å²) in [4.78, 5) is 24.9. The number of rotatable bonds is 9. The summed E-state index contributed by atoms with van der Waals surface area (Å²) in [5.74, 6) is -0.220. The molecule has 0 aliphatic carbocycles. The van der Waals surface area contributed by atoms with Gasteiger partial charge in [-0.1, -0.05) is 42.5 Å².